The predicted octanol–water partition coefficient (Wildman–Crippen LogP) is 5.31. The van der Waals surface area contributed by atoms with Crippen LogP contribution in [0.1, 0.15) is 36.5 Å². The van der Waals surface area contributed by atoms with Crippen molar-refractivity contribution in [3.63, 3.8) is 0 Å². The molecule has 2 aromatic heterocycles. The summed E-state index contributed by atoms with van der Waals surface area (Å²) in [6.45, 7) is 4.16. The average Bonchev–Trinajstić information content (AvgIpc) is 3.08. The van der Waals surface area contributed by atoms with E-state index in [0.29, 0.717) is 5.56 Å². The summed E-state index contributed by atoms with van der Waals surface area (Å²) in [7, 11) is 0. The van der Waals surface area contributed by atoms with Gasteiger partial charge in [0.25, 0.3) is 0 Å². The molecule has 0 aliphatic heterocycles. The van der Waals surface area contributed by atoms with Crippen molar-refractivity contribution in [2.75, 3.05) is 5.32 Å². The molecular formula is C23H22FN4+. The normalized spacial score (nSPS) is 11.1. The minimum atomic E-state index is -0.266. The largest absolute Gasteiger partial charge is 0.273 e. The van der Waals surface area contributed by atoms with Gasteiger partial charge in [0, 0.05) is 5.56 Å². The first-order chi connectivity index (χ1) is 13.6. The standard InChI is InChI=1S/C23H21FN4/c1-3-4-7-18-15(2)19(14-25)23-27-20-8-5-6-9-21(20)28(23)22(18)26-17-12-10-16(24)11-13-17/h5-6,8-13H,3-4,7H2,1-2H3,(H,26,27)/p+1. The second-order valence-corrected chi connectivity index (χ2v) is 7.00. The molecule has 140 valence electrons. The Balaban J connectivity index is 2.05. The number of hydrogen-bond acceptors (Lipinski definition) is 2. The number of anilines is 2. The number of H-pyrrole nitrogens is 1. The highest BCUT2D eigenvalue weighted by molar-refractivity contribution is 5.78. The molecule has 2 aromatic carbocycles. The van der Waals surface area contributed by atoms with Gasteiger partial charge in [-0.3, -0.25) is 10.3 Å². The molecule has 0 bridgehead atoms. The van der Waals surface area contributed by atoms with Gasteiger partial charge in [-0.1, -0.05) is 25.5 Å². The summed E-state index contributed by atoms with van der Waals surface area (Å²) < 4.78 is 15.5. The van der Waals surface area contributed by atoms with Crippen LogP contribution in [0.4, 0.5) is 15.9 Å². The zero-order valence-electron chi connectivity index (χ0n) is 16.0. The van der Waals surface area contributed by atoms with Gasteiger partial charge in [0.2, 0.25) is 11.5 Å². The van der Waals surface area contributed by atoms with E-state index in [9.17, 15) is 9.65 Å². The molecule has 4 nitrogen and oxygen atoms in total. The van der Waals surface area contributed by atoms with Gasteiger partial charge in [-0.25, -0.2) is 4.39 Å². The van der Waals surface area contributed by atoms with Gasteiger partial charge in [0.15, 0.2) is 0 Å². The summed E-state index contributed by atoms with van der Waals surface area (Å²) in [5, 5.41) is 13.3. The fraction of sp³-hybridized carbons (Fsp3) is 0.217. The average molecular weight is 373 g/mol. The van der Waals surface area contributed by atoms with Gasteiger partial charge in [-0.15, -0.1) is 0 Å². The lowest BCUT2D eigenvalue weighted by atomic mass is 9.99. The van der Waals surface area contributed by atoms with E-state index in [1.807, 2.05) is 31.2 Å². The van der Waals surface area contributed by atoms with Gasteiger partial charge < -0.3 is 0 Å². The summed E-state index contributed by atoms with van der Waals surface area (Å²) in [4.78, 5) is 3.40. The van der Waals surface area contributed by atoms with Gasteiger partial charge in [-0.05, 0) is 61.7 Å². The van der Waals surface area contributed by atoms with E-state index in [-0.39, 0.29) is 5.82 Å². The molecule has 0 radical (unpaired) electrons. The summed E-state index contributed by atoms with van der Waals surface area (Å²) >= 11 is 0. The number of benzene rings is 2. The minimum absolute atomic E-state index is 0.266. The number of fused-ring (bicyclic) bond motifs is 3. The predicted molar refractivity (Wildman–Crippen MR) is 109 cm³/mol. The number of rotatable bonds is 5. The van der Waals surface area contributed by atoms with Crippen LogP contribution in [-0.4, -0.2) is 4.98 Å². The first kappa shape index (κ1) is 18.0. The molecule has 0 spiro atoms. The fourth-order valence-corrected chi connectivity index (χ4v) is 3.72. The summed E-state index contributed by atoms with van der Waals surface area (Å²) in [6, 6.07) is 16.7. The van der Waals surface area contributed by atoms with E-state index in [4.69, 9.17) is 0 Å². The molecule has 2 N–H and O–H groups in total. The Labute approximate surface area is 163 Å². The van der Waals surface area contributed by atoms with Crippen LogP contribution in [0.5, 0.6) is 0 Å². The Kier molecular flexibility index (Phi) is 4.70. The van der Waals surface area contributed by atoms with Crippen LogP contribution in [0.25, 0.3) is 16.7 Å². The van der Waals surface area contributed by atoms with Crippen LogP contribution in [0, 0.1) is 24.1 Å². The highest BCUT2D eigenvalue weighted by atomic mass is 19.1. The number of nitriles is 1. The number of halogens is 1. The molecule has 0 unspecified atom stereocenters. The molecule has 0 saturated carbocycles. The fourth-order valence-electron chi connectivity index (χ4n) is 3.72. The number of nitrogens with one attached hydrogen (secondary N) is 2. The third-order valence-corrected chi connectivity index (χ3v) is 5.19. The molecule has 2 heterocycles. The number of para-hydroxylation sites is 2. The molecular weight excluding hydrogens is 351 g/mol. The topological polar surface area (TPSA) is 55.7 Å². The van der Waals surface area contributed by atoms with E-state index >= 15 is 0 Å². The third kappa shape index (κ3) is 2.97. The number of pyridine rings is 1. The Morgan fingerprint density at radius 1 is 1.14 bits per heavy atom. The van der Waals surface area contributed by atoms with Gasteiger partial charge >= 0.3 is 0 Å². The van der Waals surface area contributed by atoms with Crippen LogP contribution in [0.2, 0.25) is 0 Å². The van der Waals surface area contributed by atoms with Crippen molar-refractivity contribution >= 4 is 28.2 Å². The van der Waals surface area contributed by atoms with Crippen molar-refractivity contribution in [1.82, 2.24) is 4.98 Å². The van der Waals surface area contributed by atoms with E-state index in [1.54, 1.807) is 12.1 Å². The van der Waals surface area contributed by atoms with Gasteiger partial charge in [-0.2, -0.15) is 9.66 Å². The van der Waals surface area contributed by atoms with E-state index < -0.39 is 0 Å². The Morgan fingerprint density at radius 3 is 2.61 bits per heavy atom. The number of aromatic nitrogens is 2. The maximum atomic E-state index is 13.4. The van der Waals surface area contributed by atoms with Crippen LogP contribution in [-0.2, 0) is 6.42 Å². The molecule has 28 heavy (non-hydrogen) atoms. The number of imidazole rings is 1. The lowest BCUT2D eigenvalue weighted by molar-refractivity contribution is -0.465. The Hall–Kier alpha value is -3.39. The van der Waals surface area contributed by atoms with E-state index in [2.05, 4.69) is 27.7 Å². The number of aromatic amines is 1. The van der Waals surface area contributed by atoms with Crippen LogP contribution in [0.3, 0.4) is 0 Å². The quantitative estimate of drug-likeness (QED) is 0.466. The Bertz CT molecular complexity index is 1200. The van der Waals surface area contributed by atoms with E-state index in [1.165, 1.54) is 12.1 Å². The SMILES string of the molecule is CCCCc1c(C)c(C#N)c2[nH]c3ccccc3[n+]2c1Nc1ccc(F)cc1. The highest BCUT2D eigenvalue weighted by Crippen LogP contribution is 2.28. The van der Waals surface area contributed by atoms with Gasteiger partial charge in [0.1, 0.15) is 28.5 Å². The highest BCUT2D eigenvalue weighted by Gasteiger charge is 2.25. The molecule has 0 aliphatic rings. The molecule has 0 atom stereocenters. The van der Waals surface area contributed by atoms with Crippen LogP contribution in [0.15, 0.2) is 48.5 Å². The van der Waals surface area contributed by atoms with Crippen molar-refractivity contribution in [2.45, 2.75) is 33.1 Å². The van der Waals surface area contributed by atoms with Crippen molar-refractivity contribution in [2.24, 2.45) is 0 Å². The van der Waals surface area contributed by atoms with Crippen LogP contribution < -0.4 is 9.72 Å². The molecule has 0 amide bonds. The lowest BCUT2D eigenvalue weighted by Gasteiger charge is -2.13. The second-order valence-electron chi connectivity index (χ2n) is 7.00. The van der Waals surface area contributed by atoms with Crippen molar-refractivity contribution in [3.05, 3.63) is 71.0 Å². The van der Waals surface area contributed by atoms with Gasteiger partial charge in [0.05, 0.1) is 5.69 Å². The van der Waals surface area contributed by atoms with Crippen molar-refractivity contribution < 1.29 is 8.79 Å². The van der Waals surface area contributed by atoms with Crippen LogP contribution >= 0.6 is 0 Å². The number of hydrogen-bond donors (Lipinski definition) is 2. The number of unbranched alkanes of at least 4 members (excludes halogenated alkanes) is 1. The smallest absolute Gasteiger partial charge is 0.250 e. The van der Waals surface area contributed by atoms with Crippen molar-refractivity contribution in [3.8, 4) is 6.07 Å². The lowest BCUT2D eigenvalue weighted by Crippen LogP contribution is -2.28. The molecule has 0 saturated heterocycles. The second kappa shape index (κ2) is 7.32. The molecule has 4 aromatic rings. The zero-order valence-corrected chi connectivity index (χ0v) is 16.0. The first-order valence-corrected chi connectivity index (χ1v) is 9.54. The summed E-state index contributed by atoms with van der Waals surface area (Å²) in [5.41, 5.74) is 6.29. The first-order valence-electron chi connectivity index (χ1n) is 9.54. The van der Waals surface area contributed by atoms with E-state index in [0.717, 1.165) is 58.6 Å². The number of nitrogens with zero attached hydrogens (tertiary/aromatic N) is 2. The summed E-state index contributed by atoms with van der Waals surface area (Å²) in [6.07, 6.45) is 2.95. The monoisotopic (exact) mass is 373 g/mol. The van der Waals surface area contributed by atoms with Crippen molar-refractivity contribution in [1.29, 1.82) is 5.26 Å². The zero-order chi connectivity index (χ0) is 19.7. The minimum Gasteiger partial charge on any atom is -0.273 e. The maximum Gasteiger partial charge on any atom is 0.250 e. The summed E-state index contributed by atoms with van der Waals surface area (Å²) in [5.74, 6) is 0.654. The molecule has 0 aliphatic carbocycles. The molecule has 0 fully saturated rings. The maximum absolute atomic E-state index is 13.4. The third-order valence-electron chi connectivity index (χ3n) is 5.19. The Morgan fingerprint density at radius 2 is 1.89 bits per heavy atom. The molecule has 4 rings (SSSR count). The molecule has 5 heteroatoms.